The Hall–Kier alpha value is -2.92. The van der Waals surface area contributed by atoms with Crippen LogP contribution in [0, 0.1) is 13.8 Å². The molecule has 5 nitrogen and oxygen atoms in total. The van der Waals surface area contributed by atoms with Gasteiger partial charge in [-0.25, -0.2) is 0 Å². The zero-order valence-electron chi connectivity index (χ0n) is 15.1. The van der Waals surface area contributed by atoms with Crippen LogP contribution in [0.1, 0.15) is 22.4 Å². The minimum absolute atomic E-state index is 0.115. The number of nitrogens with one attached hydrogen (secondary N) is 1. The molecule has 0 aliphatic heterocycles. The van der Waals surface area contributed by atoms with Crippen LogP contribution in [0.25, 0.3) is 0 Å². The van der Waals surface area contributed by atoms with Gasteiger partial charge in [-0.2, -0.15) is 0 Å². The first-order valence-electron chi connectivity index (χ1n) is 8.65. The van der Waals surface area contributed by atoms with E-state index < -0.39 is 0 Å². The summed E-state index contributed by atoms with van der Waals surface area (Å²) in [5, 5.41) is 6.70. The molecule has 0 atom stereocenters. The number of nitrogens with zero attached hydrogens (tertiary/aromatic N) is 2. The van der Waals surface area contributed by atoms with Gasteiger partial charge >= 0.3 is 0 Å². The number of benzene rings is 2. The second-order valence-electron chi connectivity index (χ2n) is 6.39. The Kier molecular flexibility index (Phi) is 5.81. The summed E-state index contributed by atoms with van der Waals surface area (Å²) in [5.41, 5.74) is 3.98. The lowest BCUT2D eigenvalue weighted by Crippen LogP contribution is -2.32. The van der Waals surface area contributed by atoms with Crippen molar-refractivity contribution in [2.24, 2.45) is 0 Å². The van der Waals surface area contributed by atoms with E-state index in [1.807, 2.05) is 50.2 Å². The van der Waals surface area contributed by atoms with E-state index in [4.69, 9.17) is 4.52 Å². The molecule has 0 aliphatic carbocycles. The van der Waals surface area contributed by atoms with E-state index in [2.05, 4.69) is 39.6 Å². The van der Waals surface area contributed by atoms with Crippen molar-refractivity contribution in [2.75, 3.05) is 11.9 Å². The van der Waals surface area contributed by atoms with Crippen LogP contribution in [0.5, 0.6) is 0 Å². The second-order valence-corrected chi connectivity index (χ2v) is 6.39. The molecule has 0 bridgehead atoms. The number of amides is 1. The Bertz CT molecular complexity index is 803. The number of aryl methyl sites for hydroxylation is 1. The maximum Gasteiger partial charge on any atom is 0.240 e. The Morgan fingerprint density at radius 3 is 1.96 bits per heavy atom. The summed E-state index contributed by atoms with van der Waals surface area (Å²) in [6.45, 7) is 5.39. The standard InChI is InChI=1S/C21H23N3O2/c1-16-17(2)23-26-21(16)22-20(25)15-24(13-18-9-5-3-6-10-18)14-19-11-7-4-8-12-19/h3-12H,13-15H2,1-2H3,(H,22,25). The molecule has 0 radical (unpaired) electrons. The minimum Gasteiger partial charge on any atom is -0.338 e. The summed E-state index contributed by atoms with van der Waals surface area (Å²) in [4.78, 5) is 14.6. The van der Waals surface area contributed by atoms with Gasteiger partial charge in [-0.15, -0.1) is 0 Å². The summed E-state index contributed by atoms with van der Waals surface area (Å²) in [5.74, 6) is 0.308. The van der Waals surface area contributed by atoms with Gasteiger partial charge in [0.1, 0.15) is 0 Å². The molecule has 2 aromatic carbocycles. The summed E-state index contributed by atoms with van der Waals surface area (Å²) >= 11 is 0. The van der Waals surface area contributed by atoms with Gasteiger partial charge in [0.15, 0.2) is 0 Å². The molecule has 26 heavy (non-hydrogen) atoms. The number of carbonyl (C=O) groups excluding carboxylic acids is 1. The quantitative estimate of drug-likeness (QED) is 0.702. The predicted octanol–water partition coefficient (Wildman–Crippen LogP) is 3.93. The molecular weight excluding hydrogens is 326 g/mol. The fraction of sp³-hybridized carbons (Fsp3) is 0.238. The van der Waals surface area contributed by atoms with Crippen molar-refractivity contribution in [2.45, 2.75) is 26.9 Å². The van der Waals surface area contributed by atoms with Crippen molar-refractivity contribution >= 4 is 11.8 Å². The molecule has 0 unspecified atom stereocenters. The maximum absolute atomic E-state index is 12.5. The third kappa shape index (κ3) is 4.80. The molecule has 1 heterocycles. The number of carbonyl (C=O) groups is 1. The van der Waals surface area contributed by atoms with Gasteiger partial charge in [0, 0.05) is 18.7 Å². The van der Waals surface area contributed by atoms with Crippen molar-refractivity contribution in [3.8, 4) is 0 Å². The van der Waals surface area contributed by atoms with Gasteiger partial charge in [0.05, 0.1) is 12.2 Å². The highest BCUT2D eigenvalue weighted by molar-refractivity contribution is 5.91. The molecule has 1 aromatic heterocycles. The predicted molar refractivity (Wildman–Crippen MR) is 102 cm³/mol. The fourth-order valence-corrected chi connectivity index (χ4v) is 2.75. The third-order valence-corrected chi connectivity index (χ3v) is 4.28. The highest BCUT2D eigenvalue weighted by Crippen LogP contribution is 2.17. The Labute approximate surface area is 153 Å². The van der Waals surface area contributed by atoms with Gasteiger partial charge in [0.2, 0.25) is 11.8 Å². The maximum atomic E-state index is 12.5. The summed E-state index contributed by atoms with van der Waals surface area (Å²) < 4.78 is 5.18. The normalized spacial score (nSPS) is 10.9. The molecule has 1 amide bonds. The summed E-state index contributed by atoms with van der Waals surface area (Å²) in [6, 6.07) is 20.3. The zero-order valence-corrected chi connectivity index (χ0v) is 15.1. The monoisotopic (exact) mass is 349 g/mol. The van der Waals surface area contributed by atoms with E-state index in [-0.39, 0.29) is 12.5 Å². The number of hydrogen-bond acceptors (Lipinski definition) is 4. The largest absolute Gasteiger partial charge is 0.338 e. The first kappa shape index (κ1) is 17.9. The van der Waals surface area contributed by atoms with Crippen LogP contribution >= 0.6 is 0 Å². The topological polar surface area (TPSA) is 58.4 Å². The molecule has 5 heteroatoms. The molecule has 0 saturated heterocycles. The van der Waals surface area contributed by atoms with Crippen LogP contribution in [0.3, 0.4) is 0 Å². The molecule has 0 aliphatic rings. The Morgan fingerprint density at radius 2 is 1.50 bits per heavy atom. The number of anilines is 1. The van der Waals surface area contributed by atoms with E-state index >= 15 is 0 Å². The average molecular weight is 349 g/mol. The molecule has 0 fully saturated rings. The number of aromatic nitrogens is 1. The van der Waals surface area contributed by atoms with Crippen LogP contribution in [0.4, 0.5) is 5.88 Å². The lowest BCUT2D eigenvalue weighted by molar-refractivity contribution is -0.117. The van der Waals surface area contributed by atoms with E-state index in [1.54, 1.807) is 0 Å². The van der Waals surface area contributed by atoms with Crippen molar-refractivity contribution < 1.29 is 9.32 Å². The van der Waals surface area contributed by atoms with Crippen molar-refractivity contribution in [1.29, 1.82) is 0 Å². The van der Waals surface area contributed by atoms with Gasteiger partial charge < -0.3 is 4.52 Å². The van der Waals surface area contributed by atoms with E-state index in [1.165, 1.54) is 11.1 Å². The Morgan fingerprint density at radius 1 is 0.962 bits per heavy atom. The SMILES string of the molecule is Cc1noc(NC(=O)CN(Cc2ccccc2)Cc2ccccc2)c1C. The molecule has 3 aromatic rings. The zero-order chi connectivity index (χ0) is 18.4. The summed E-state index contributed by atoms with van der Waals surface area (Å²) in [6.07, 6.45) is 0. The molecule has 3 rings (SSSR count). The fourth-order valence-electron chi connectivity index (χ4n) is 2.75. The first-order chi connectivity index (χ1) is 12.6. The lowest BCUT2D eigenvalue weighted by Gasteiger charge is -2.22. The van der Waals surface area contributed by atoms with Crippen LogP contribution in [-0.2, 0) is 17.9 Å². The van der Waals surface area contributed by atoms with Crippen LogP contribution in [-0.4, -0.2) is 22.5 Å². The van der Waals surface area contributed by atoms with Crippen molar-refractivity contribution in [3.05, 3.63) is 83.0 Å². The highest BCUT2D eigenvalue weighted by atomic mass is 16.5. The minimum atomic E-state index is -0.115. The van der Waals surface area contributed by atoms with E-state index in [0.717, 1.165) is 11.3 Å². The second kappa shape index (κ2) is 8.45. The van der Waals surface area contributed by atoms with Gasteiger partial charge in [-0.1, -0.05) is 65.8 Å². The van der Waals surface area contributed by atoms with E-state index in [0.29, 0.717) is 19.0 Å². The van der Waals surface area contributed by atoms with Crippen molar-refractivity contribution in [3.63, 3.8) is 0 Å². The smallest absolute Gasteiger partial charge is 0.240 e. The molecule has 0 saturated carbocycles. The van der Waals surface area contributed by atoms with Crippen LogP contribution in [0.2, 0.25) is 0 Å². The number of rotatable bonds is 7. The molecule has 1 N–H and O–H groups in total. The third-order valence-electron chi connectivity index (χ3n) is 4.28. The average Bonchev–Trinajstić information content (AvgIpc) is 2.95. The van der Waals surface area contributed by atoms with Crippen LogP contribution < -0.4 is 5.32 Å². The van der Waals surface area contributed by atoms with Crippen molar-refractivity contribution in [1.82, 2.24) is 10.1 Å². The highest BCUT2D eigenvalue weighted by Gasteiger charge is 2.16. The molecule has 134 valence electrons. The molecular formula is C21H23N3O2. The summed E-state index contributed by atoms with van der Waals surface area (Å²) in [7, 11) is 0. The Balaban J connectivity index is 1.69. The van der Waals surface area contributed by atoms with Crippen LogP contribution in [0.15, 0.2) is 65.2 Å². The van der Waals surface area contributed by atoms with E-state index in [9.17, 15) is 4.79 Å². The van der Waals surface area contributed by atoms with Gasteiger partial charge in [-0.05, 0) is 25.0 Å². The lowest BCUT2D eigenvalue weighted by atomic mass is 10.1. The number of hydrogen-bond donors (Lipinski definition) is 1. The first-order valence-corrected chi connectivity index (χ1v) is 8.65. The molecule has 0 spiro atoms. The van der Waals surface area contributed by atoms with Gasteiger partial charge in [0.25, 0.3) is 0 Å². The van der Waals surface area contributed by atoms with Gasteiger partial charge in [-0.3, -0.25) is 15.0 Å².